The topological polar surface area (TPSA) is 66.1 Å². The Morgan fingerprint density at radius 2 is 1.64 bits per heavy atom. The number of hydrogen-bond acceptors (Lipinski definition) is 3. The Labute approximate surface area is 153 Å². The quantitative estimate of drug-likeness (QED) is 0.700. The van der Waals surface area contributed by atoms with E-state index in [1.807, 2.05) is 0 Å². The molecule has 3 aromatic rings. The number of imidazole rings is 1. The van der Waals surface area contributed by atoms with Crippen molar-refractivity contribution in [1.29, 1.82) is 0 Å². The summed E-state index contributed by atoms with van der Waals surface area (Å²) in [5.41, 5.74) is 2.50. The third-order valence-electron chi connectivity index (χ3n) is 4.25. The van der Waals surface area contributed by atoms with E-state index in [1.165, 1.54) is 4.90 Å². The third-order valence-corrected chi connectivity index (χ3v) is 4.97. The number of carbonyl (C=O) groups is 2. The number of nitrogens with zero attached hydrogens (tertiary/aromatic N) is 2. The number of halogens is 2. The Morgan fingerprint density at radius 1 is 1.00 bits per heavy atom. The van der Waals surface area contributed by atoms with Crippen molar-refractivity contribution in [1.82, 2.24) is 14.9 Å². The van der Waals surface area contributed by atoms with Crippen LogP contribution in [0.3, 0.4) is 0 Å². The van der Waals surface area contributed by atoms with E-state index in [0.717, 1.165) is 16.9 Å². The van der Waals surface area contributed by atoms with Crippen LogP contribution in [0.2, 0.25) is 10.0 Å². The molecule has 1 aromatic heterocycles. The van der Waals surface area contributed by atoms with Crippen LogP contribution in [0, 0.1) is 0 Å². The molecule has 126 valence electrons. The lowest BCUT2D eigenvalue weighted by molar-refractivity contribution is 0.0652. The molecule has 0 aliphatic carbocycles. The van der Waals surface area contributed by atoms with E-state index >= 15 is 0 Å². The third kappa shape index (κ3) is 2.79. The summed E-state index contributed by atoms with van der Waals surface area (Å²) in [4.78, 5) is 33.6. The summed E-state index contributed by atoms with van der Waals surface area (Å²) in [5, 5.41) is 0.925. The second kappa shape index (κ2) is 6.17. The van der Waals surface area contributed by atoms with Gasteiger partial charge in [-0.1, -0.05) is 35.3 Å². The molecule has 25 heavy (non-hydrogen) atoms. The number of imide groups is 1. The Kier molecular flexibility index (Phi) is 3.98. The molecule has 1 aliphatic heterocycles. The van der Waals surface area contributed by atoms with Gasteiger partial charge in [-0.15, -0.1) is 0 Å². The molecule has 0 spiro atoms. The number of H-pyrrole nitrogens is 1. The molecule has 0 unspecified atom stereocenters. The van der Waals surface area contributed by atoms with Gasteiger partial charge in [0.1, 0.15) is 5.82 Å². The zero-order valence-electron chi connectivity index (χ0n) is 13.1. The van der Waals surface area contributed by atoms with E-state index in [0.29, 0.717) is 40.6 Å². The predicted molar refractivity (Wildman–Crippen MR) is 96.2 cm³/mol. The van der Waals surface area contributed by atoms with Crippen LogP contribution >= 0.6 is 23.2 Å². The molecule has 0 bridgehead atoms. The van der Waals surface area contributed by atoms with Crippen molar-refractivity contribution in [2.45, 2.75) is 12.8 Å². The molecule has 1 aliphatic rings. The molecule has 2 heterocycles. The number of aromatic amines is 1. The number of fused-ring (bicyclic) bond motifs is 2. The van der Waals surface area contributed by atoms with Crippen molar-refractivity contribution in [3.05, 3.63) is 63.4 Å². The van der Waals surface area contributed by atoms with Gasteiger partial charge >= 0.3 is 0 Å². The van der Waals surface area contributed by atoms with Crippen LogP contribution in [-0.2, 0) is 6.42 Å². The number of benzene rings is 2. The van der Waals surface area contributed by atoms with Gasteiger partial charge in [0.25, 0.3) is 11.8 Å². The average molecular weight is 374 g/mol. The highest BCUT2D eigenvalue weighted by Crippen LogP contribution is 2.27. The summed E-state index contributed by atoms with van der Waals surface area (Å²) >= 11 is 12.0. The summed E-state index contributed by atoms with van der Waals surface area (Å²) in [6, 6.07) is 10.3. The van der Waals surface area contributed by atoms with Gasteiger partial charge in [0.05, 0.1) is 32.2 Å². The van der Waals surface area contributed by atoms with Gasteiger partial charge in [0, 0.05) is 13.0 Å². The molecule has 1 N–H and O–H groups in total. The van der Waals surface area contributed by atoms with Crippen LogP contribution in [0.15, 0.2) is 36.4 Å². The Hall–Kier alpha value is -2.37. The van der Waals surface area contributed by atoms with Crippen molar-refractivity contribution in [2.75, 3.05) is 6.54 Å². The lowest BCUT2D eigenvalue weighted by atomic mass is 10.1. The molecule has 0 fully saturated rings. The van der Waals surface area contributed by atoms with Crippen LogP contribution in [0.5, 0.6) is 0 Å². The normalized spacial score (nSPS) is 13.8. The Balaban J connectivity index is 1.45. The van der Waals surface area contributed by atoms with Crippen molar-refractivity contribution in [3.63, 3.8) is 0 Å². The molecule has 2 amide bonds. The first-order valence-corrected chi connectivity index (χ1v) is 8.59. The molecule has 0 atom stereocenters. The molecule has 2 aromatic carbocycles. The SMILES string of the molecule is O=C1c2ccccc2C(=O)N1CCCc1nc2cc(Cl)c(Cl)cc2[nH]1. The minimum atomic E-state index is -0.233. The van der Waals surface area contributed by atoms with Gasteiger partial charge in [-0.25, -0.2) is 4.98 Å². The van der Waals surface area contributed by atoms with Crippen molar-refractivity contribution in [3.8, 4) is 0 Å². The second-order valence-electron chi connectivity index (χ2n) is 5.88. The number of aromatic nitrogens is 2. The fourth-order valence-electron chi connectivity index (χ4n) is 3.02. The van der Waals surface area contributed by atoms with Crippen LogP contribution in [0.25, 0.3) is 11.0 Å². The number of carbonyl (C=O) groups excluding carboxylic acids is 2. The maximum atomic E-state index is 12.3. The van der Waals surface area contributed by atoms with E-state index in [1.54, 1.807) is 36.4 Å². The standard InChI is InChI=1S/C18H13Cl2N3O2/c19-12-8-14-15(9-13(12)20)22-16(21-14)6-3-7-23-17(24)10-4-1-2-5-11(10)18(23)25/h1-2,4-5,8-9H,3,6-7H2,(H,21,22). The highest BCUT2D eigenvalue weighted by atomic mass is 35.5. The first kappa shape index (κ1) is 16.1. The minimum Gasteiger partial charge on any atom is -0.342 e. The van der Waals surface area contributed by atoms with Crippen LogP contribution in [0.1, 0.15) is 33.0 Å². The molecule has 0 saturated carbocycles. The first-order valence-electron chi connectivity index (χ1n) is 7.83. The fourth-order valence-corrected chi connectivity index (χ4v) is 3.34. The van der Waals surface area contributed by atoms with E-state index in [9.17, 15) is 9.59 Å². The largest absolute Gasteiger partial charge is 0.342 e. The molecule has 4 rings (SSSR count). The van der Waals surface area contributed by atoms with E-state index in [-0.39, 0.29) is 11.8 Å². The van der Waals surface area contributed by atoms with Gasteiger partial charge in [-0.05, 0) is 30.7 Å². The minimum absolute atomic E-state index is 0.233. The fraction of sp³-hybridized carbons (Fsp3) is 0.167. The van der Waals surface area contributed by atoms with Crippen molar-refractivity contribution < 1.29 is 9.59 Å². The number of amides is 2. The number of nitrogens with one attached hydrogen (secondary N) is 1. The van der Waals surface area contributed by atoms with Crippen LogP contribution in [0.4, 0.5) is 0 Å². The number of rotatable bonds is 4. The summed E-state index contributed by atoms with van der Waals surface area (Å²) in [6.07, 6.45) is 1.23. The average Bonchev–Trinajstić information content (AvgIpc) is 3.09. The summed E-state index contributed by atoms with van der Waals surface area (Å²) < 4.78 is 0. The van der Waals surface area contributed by atoms with Gasteiger partial charge < -0.3 is 4.98 Å². The lowest BCUT2D eigenvalue weighted by Crippen LogP contribution is -2.31. The summed E-state index contributed by atoms with van der Waals surface area (Å²) in [6.45, 7) is 0.352. The monoisotopic (exact) mass is 373 g/mol. The van der Waals surface area contributed by atoms with E-state index in [2.05, 4.69) is 9.97 Å². The highest BCUT2D eigenvalue weighted by Gasteiger charge is 2.34. The summed E-state index contributed by atoms with van der Waals surface area (Å²) in [7, 11) is 0. The first-order chi connectivity index (χ1) is 12.0. The molecule has 0 radical (unpaired) electrons. The smallest absolute Gasteiger partial charge is 0.261 e. The molecule has 5 nitrogen and oxygen atoms in total. The summed E-state index contributed by atoms with van der Waals surface area (Å²) in [5.74, 6) is 0.303. The maximum Gasteiger partial charge on any atom is 0.261 e. The predicted octanol–water partition coefficient (Wildman–Crippen LogP) is 4.10. The van der Waals surface area contributed by atoms with Crippen molar-refractivity contribution in [2.24, 2.45) is 0 Å². The maximum absolute atomic E-state index is 12.3. The van der Waals surface area contributed by atoms with E-state index < -0.39 is 0 Å². The van der Waals surface area contributed by atoms with Gasteiger partial charge in [0.2, 0.25) is 0 Å². The Morgan fingerprint density at radius 3 is 2.32 bits per heavy atom. The lowest BCUT2D eigenvalue weighted by Gasteiger charge is -2.12. The van der Waals surface area contributed by atoms with Gasteiger partial charge in [0.15, 0.2) is 0 Å². The second-order valence-corrected chi connectivity index (χ2v) is 6.69. The molecule has 7 heteroatoms. The van der Waals surface area contributed by atoms with Gasteiger partial charge in [-0.3, -0.25) is 14.5 Å². The molecular weight excluding hydrogens is 361 g/mol. The van der Waals surface area contributed by atoms with Crippen molar-refractivity contribution >= 4 is 46.0 Å². The van der Waals surface area contributed by atoms with E-state index in [4.69, 9.17) is 23.2 Å². The van der Waals surface area contributed by atoms with Crippen LogP contribution < -0.4 is 0 Å². The number of aryl methyl sites for hydroxylation is 1. The van der Waals surface area contributed by atoms with Gasteiger partial charge in [-0.2, -0.15) is 0 Å². The highest BCUT2D eigenvalue weighted by molar-refractivity contribution is 6.42. The Bertz CT molecular complexity index is 939. The molecular formula is C18H13Cl2N3O2. The number of hydrogen-bond donors (Lipinski definition) is 1. The zero-order valence-corrected chi connectivity index (χ0v) is 14.6. The van der Waals surface area contributed by atoms with Crippen LogP contribution in [-0.4, -0.2) is 33.2 Å². The molecule has 0 saturated heterocycles. The zero-order chi connectivity index (χ0) is 17.6.